The third-order valence-corrected chi connectivity index (χ3v) is 2.34. The molecule has 6 nitrogen and oxygen atoms in total. The SMILES string of the molecule is COc1cc(C)nc(NC(=O)[C@@H](N)CC(C)C)n1. The lowest BCUT2D eigenvalue weighted by Gasteiger charge is -2.13. The molecule has 3 N–H and O–H groups in total. The van der Waals surface area contributed by atoms with Crippen LogP contribution >= 0.6 is 0 Å². The quantitative estimate of drug-likeness (QED) is 0.819. The Balaban J connectivity index is 2.72. The van der Waals surface area contributed by atoms with Crippen LogP contribution < -0.4 is 15.8 Å². The van der Waals surface area contributed by atoms with Crippen LogP contribution in [0, 0.1) is 12.8 Å². The van der Waals surface area contributed by atoms with E-state index >= 15 is 0 Å². The molecule has 0 unspecified atom stereocenters. The van der Waals surface area contributed by atoms with Crippen LogP contribution in [0.25, 0.3) is 0 Å². The van der Waals surface area contributed by atoms with E-state index in [-0.39, 0.29) is 11.9 Å². The van der Waals surface area contributed by atoms with Crippen LogP contribution in [0.5, 0.6) is 5.88 Å². The summed E-state index contributed by atoms with van der Waals surface area (Å²) in [5, 5.41) is 2.60. The molecule has 0 fully saturated rings. The van der Waals surface area contributed by atoms with E-state index in [0.717, 1.165) is 5.69 Å². The molecule has 0 saturated carbocycles. The second-order valence-corrected chi connectivity index (χ2v) is 4.60. The zero-order chi connectivity index (χ0) is 13.7. The Hall–Kier alpha value is -1.69. The van der Waals surface area contributed by atoms with Crippen molar-refractivity contribution in [1.82, 2.24) is 9.97 Å². The second kappa shape index (κ2) is 6.30. The van der Waals surface area contributed by atoms with Crippen molar-refractivity contribution in [1.29, 1.82) is 0 Å². The first-order valence-electron chi connectivity index (χ1n) is 5.88. The highest BCUT2D eigenvalue weighted by Gasteiger charge is 2.16. The van der Waals surface area contributed by atoms with Crippen molar-refractivity contribution in [2.24, 2.45) is 11.7 Å². The van der Waals surface area contributed by atoms with Gasteiger partial charge in [-0.25, -0.2) is 4.98 Å². The number of hydrogen-bond donors (Lipinski definition) is 2. The average Bonchev–Trinajstić information content (AvgIpc) is 2.27. The van der Waals surface area contributed by atoms with E-state index in [0.29, 0.717) is 18.2 Å². The van der Waals surface area contributed by atoms with Crippen molar-refractivity contribution in [2.75, 3.05) is 12.4 Å². The molecule has 100 valence electrons. The average molecular weight is 252 g/mol. The Labute approximate surface area is 107 Å². The highest BCUT2D eigenvalue weighted by Crippen LogP contribution is 2.12. The van der Waals surface area contributed by atoms with Gasteiger partial charge in [0.25, 0.3) is 0 Å². The first-order chi connectivity index (χ1) is 8.42. The Kier molecular flexibility index (Phi) is 5.03. The van der Waals surface area contributed by atoms with Gasteiger partial charge in [-0.15, -0.1) is 0 Å². The molecule has 0 aromatic carbocycles. The number of hydrogen-bond acceptors (Lipinski definition) is 5. The minimum Gasteiger partial charge on any atom is -0.481 e. The predicted octanol–water partition coefficient (Wildman–Crippen LogP) is 1.11. The van der Waals surface area contributed by atoms with Gasteiger partial charge in [0.1, 0.15) is 0 Å². The molecule has 0 aliphatic rings. The molecule has 18 heavy (non-hydrogen) atoms. The number of aryl methyl sites for hydroxylation is 1. The van der Waals surface area contributed by atoms with Gasteiger partial charge in [0.2, 0.25) is 17.7 Å². The van der Waals surface area contributed by atoms with Gasteiger partial charge in [0, 0.05) is 11.8 Å². The molecule has 0 saturated heterocycles. The zero-order valence-electron chi connectivity index (χ0n) is 11.2. The van der Waals surface area contributed by atoms with Gasteiger partial charge in [-0.3, -0.25) is 10.1 Å². The summed E-state index contributed by atoms with van der Waals surface area (Å²) in [7, 11) is 1.51. The van der Waals surface area contributed by atoms with Gasteiger partial charge in [-0.2, -0.15) is 4.98 Å². The monoisotopic (exact) mass is 252 g/mol. The van der Waals surface area contributed by atoms with E-state index in [1.54, 1.807) is 13.0 Å². The third kappa shape index (κ3) is 4.29. The largest absolute Gasteiger partial charge is 0.481 e. The molecular weight excluding hydrogens is 232 g/mol. The molecule has 0 aliphatic carbocycles. The number of methoxy groups -OCH3 is 1. The standard InChI is InChI=1S/C12H20N4O2/c1-7(2)5-9(13)11(17)16-12-14-8(3)6-10(15-12)18-4/h6-7,9H,5,13H2,1-4H3,(H,14,15,16,17)/t9-/m0/s1. The van der Waals surface area contributed by atoms with E-state index in [4.69, 9.17) is 10.5 Å². The van der Waals surface area contributed by atoms with Gasteiger partial charge >= 0.3 is 0 Å². The number of rotatable bonds is 5. The molecular formula is C12H20N4O2. The summed E-state index contributed by atoms with van der Waals surface area (Å²) in [5.41, 5.74) is 6.49. The van der Waals surface area contributed by atoms with Crippen LogP contribution in [0.3, 0.4) is 0 Å². The minimum absolute atomic E-state index is 0.219. The lowest BCUT2D eigenvalue weighted by Crippen LogP contribution is -2.37. The van der Waals surface area contributed by atoms with Crippen LogP contribution in [0.1, 0.15) is 26.0 Å². The highest BCUT2D eigenvalue weighted by atomic mass is 16.5. The van der Waals surface area contributed by atoms with Crippen LogP contribution in [0.15, 0.2) is 6.07 Å². The second-order valence-electron chi connectivity index (χ2n) is 4.60. The molecule has 0 aliphatic heterocycles. The number of nitrogens with two attached hydrogens (primary N) is 1. The van der Waals surface area contributed by atoms with E-state index in [1.807, 2.05) is 13.8 Å². The predicted molar refractivity (Wildman–Crippen MR) is 69.4 cm³/mol. The van der Waals surface area contributed by atoms with Crippen molar-refractivity contribution in [3.05, 3.63) is 11.8 Å². The number of carbonyl (C=O) groups excluding carboxylic acids is 1. The summed E-state index contributed by atoms with van der Waals surface area (Å²) < 4.78 is 5.01. The fraction of sp³-hybridized carbons (Fsp3) is 0.583. The normalized spacial score (nSPS) is 12.3. The van der Waals surface area contributed by atoms with Crippen molar-refractivity contribution in [3.8, 4) is 5.88 Å². The molecule has 1 heterocycles. The minimum atomic E-state index is -0.555. The van der Waals surface area contributed by atoms with E-state index in [9.17, 15) is 4.79 Å². The molecule has 1 rings (SSSR count). The van der Waals surface area contributed by atoms with Crippen molar-refractivity contribution < 1.29 is 9.53 Å². The first kappa shape index (κ1) is 14.4. The number of carbonyl (C=O) groups is 1. The molecule has 1 aromatic heterocycles. The Bertz CT molecular complexity index is 421. The van der Waals surface area contributed by atoms with Crippen LogP contribution in [-0.4, -0.2) is 29.0 Å². The first-order valence-corrected chi connectivity index (χ1v) is 5.88. The Morgan fingerprint density at radius 3 is 2.72 bits per heavy atom. The maximum atomic E-state index is 11.8. The molecule has 0 bridgehead atoms. The maximum absolute atomic E-state index is 11.8. The number of ether oxygens (including phenoxy) is 1. The van der Waals surface area contributed by atoms with Crippen molar-refractivity contribution in [3.63, 3.8) is 0 Å². The van der Waals surface area contributed by atoms with Gasteiger partial charge in [-0.05, 0) is 19.3 Å². The summed E-state index contributed by atoms with van der Waals surface area (Å²) in [6.45, 7) is 5.83. The fourth-order valence-corrected chi connectivity index (χ4v) is 1.52. The molecule has 1 aromatic rings. The van der Waals surface area contributed by atoms with E-state index in [1.165, 1.54) is 7.11 Å². The van der Waals surface area contributed by atoms with E-state index < -0.39 is 6.04 Å². The van der Waals surface area contributed by atoms with Crippen molar-refractivity contribution >= 4 is 11.9 Å². The molecule has 0 spiro atoms. The van der Waals surface area contributed by atoms with Crippen LogP contribution in [-0.2, 0) is 4.79 Å². The Morgan fingerprint density at radius 1 is 1.50 bits per heavy atom. The number of aromatic nitrogens is 2. The summed E-state index contributed by atoms with van der Waals surface area (Å²) in [6.07, 6.45) is 0.620. The zero-order valence-corrected chi connectivity index (χ0v) is 11.2. The Morgan fingerprint density at radius 2 is 2.17 bits per heavy atom. The number of amides is 1. The topological polar surface area (TPSA) is 90.1 Å². The summed E-state index contributed by atoms with van der Waals surface area (Å²) in [4.78, 5) is 19.9. The number of nitrogens with zero attached hydrogens (tertiary/aromatic N) is 2. The molecule has 0 radical (unpaired) electrons. The van der Waals surface area contributed by atoms with Crippen LogP contribution in [0.2, 0.25) is 0 Å². The number of nitrogens with one attached hydrogen (secondary N) is 1. The lowest BCUT2D eigenvalue weighted by molar-refractivity contribution is -0.117. The summed E-state index contributed by atoms with van der Waals surface area (Å²) in [5.74, 6) is 0.710. The lowest BCUT2D eigenvalue weighted by atomic mass is 10.0. The summed E-state index contributed by atoms with van der Waals surface area (Å²) >= 11 is 0. The molecule has 6 heteroatoms. The van der Waals surface area contributed by atoms with Crippen molar-refractivity contribution in [2.45, 2.75) is 33.2 Å². The molecule has 1 atom stereocenters. The van der Waals surface area contributed by atoms with Crippen LogP contribution in [0.4, 0.5) is 5.95 Å². The van der Waals surface area contributed by atoms with Gasteiger partial charge in [-0.1, -0.05) is 13.8 Å². The molecule has 1 amide bonds. The van der Waals surface area contributed by atoms with E-state index in [2.05, 4.69) is 15.3 Å². The fourth-order valence-electron chi connectivity index (χ4n) is 1.52. The highest BCUT2D eigenvalue weighted by molar-refractivity contribution is 5.93. The third-order valence-electron chi connectivity index (χ3n) is 2.34. The maximum Gasteiger partial charge on any atom is 0.243 e. The smallest absolute Gasteiger partial charge is 0.243 e. The van der Waals surface area contributed by atoms with Gasteiger partial charge in [0.05, 0.1) is 13.2 Å². The van der Waals surface area contributed by atoms with Gasteiger partial charge in [0.15, 0.2) is 0 Å². The summed E-state index contributed by atoms with van der Waals surface area (Å²) in [6, 6.07) is 1.13. The number of anilines is 1. The van der Waals surface area contributed by atoms with Gasteiger partial charge < -0.3 is 10.5 Å².